The first kappa shape index (κ1) is 15.2. The minimum Gasteiger partial charge on any atom is -0.379 e. The molecule has 1 fully saturated rings. The molecule has 5 nitrogen and oxygen atoms in total. The molecule has 5 heteroatoms. The maximum absolute atomic E-state index is 5.93. The minimum absolute atomic E-state index is 0.193. The lowest BCUT2D eigenvalue weighted by atomic mass is 10.1. The molecule has 1 aromatic heterocycles. The number of aromatic nitrogens is 2. The van der Waals surface area contributed by atoms with Gasteiger partial charge in [0.2, 0.25) is 5.95 Å². The van der Waals surface area contributed by atoms with Gasteiger partial charge >= 0.3 is 0 Å². The van der Waals surface area contributed by atoms with Crippen molar-refractivity contribution in [1.82, 2.24) is 9.97 Å². The molecular formula is C15H26N4O. The van der Waals surface area contributed by atoms with Crippen LogP contribution in [0.25, 0.3) is 0 Å². The molecule has 0 amide bonds. The number of anilines is 1. The predicted molar refractivity (Wildman–Crippen MR) is 80.8 cm³/mol. The highest BCUT2D eigenvalue weighted by atomic mass is 16.5. The van der Waals surface area contributed by atoms with Crippen molar-refractivity contribution >= 4 is 5.95 Å². The first-order valence-electron chi connectivity index (χ1n) is 7.54. The molecule has 20 heavy (non-hydrogen) atoms. The van der Waals surface area contributed by atoms with E-state index in [-0.39, 0.29) is 6.04 Å². The second-order valence-corrected chi connectivity index (χ2v) is 5.70. The van der Waals surface area contributed by atoms with Crippen LogP contribution in [0.3, 0.4) is 0 Å². The van der Waals surface area contributed by atoms with Crippen molar-refractivity contribution in [2.24, 2.45) is 11.7 Å². The van der Waals surface area contributed by atoms with Gasteiger partial charge in [-0.25, -0.2) is 9.97 Å². The summed E-state index contributed by atoms with van der Waals surface area (Å²) in [7, 11) is 1.99. The molecule has 0 aromatic carbocycles. The lowest BCUT2D eigenvalue weighted by Crippen LogP contribution is -2.25. The van der Waals surface area contributed by atoms with E-state index in [9.17, 15) is 0 Å². The molecule has 1 atom stereocenters. The van der Waals surface area contributed by atoms with Gasteiger partial charge in [0, 0.05) is 38.6 Å². The number of hydrogen-bond donors (Lipinski definition) is 1. The van der Waals surface area contributed by atoms with Crippen LogP contribution in [0, 0.1) is 5.92 Å². The Hall–Kier alpha value is -1.20. The molecule has 0 bridgehead atoms. The molecule has 2 rings (SSSR count). The van der Waals surface area contributed by atoms with E-state index in [2.05, 4.69) is 16.9 Å². The van der Waals surface area contributed by atoms with Crippen LogP contribution < -0.4 is 10.6 Å². The van der Waals surface area contributed by atoms with Gasteiger partial charge < -0.3 is 15.4 Å². The van der Waals surface area contributed by atoms with Crippen molar-refractivity contribution in [2.75, 3.05) is 31.7 Å². The molecule has 1 saturated carbocycles. The third kappa shape index (κ3) is 5.06. The molecule has 1 unspecified atom stereocenters. The van der Waals surface area contributed by atoms with E-state index >= 15 is 0 Å². The fourth-order valence-electron chi connectivity index (χ4n) is 1.93. The SMILES string of the molecule is CCC(N)Cc1cnc(N(C)CCOCC2CC2)nc1. The third-order valence-electron chi connectivity index (χ3n) is 3.68. The Balaban J connectivity index is 1.72. The molecule has 0 radical (unpaired) electrons. The lowest BCUT2D eigenvalue weighted by molar-refractivity contribution is 0.130. The van der Waals surface area contributed by atoms with Crippen LogP contribution in [0.5, 0.6) is 0 Å². The van der Waals surface area contributed by atoms with Crippen molar-refractivity contribution in [3.8, 4) is 0 Å². The number of likely N-dealkylation sites (N-methyl/N-ethyl adjacent to an activating group) is 1. The van der Waals surface area contributed by atoms with E-state index in [1.54, 1.807) is 0 Å². The smallest absolute Gasteiger partial charge is 0.225 e. The summed E-state index contributed by atoms with van der Waals surface area (Å²) in [6.07, 6.45) is 8.23. The average Bonchev–Trinajstić information content (AvgIpc) is 3.28. The van der Waals surface area contributed by atoms with Crippen LogP contribution in [-0.2, 0) is 11.2 Å². The Morgan fingerprint density at radius 3 is 2.70 bits per heavy atom. The summed E-state index contributed by atoms with van der Waals surface area (Å²) in [5, 5.41) is 0. The van der Waals surface area contributed by atoms with Gasteiger partial charge in [0.05, 0.1) is 6.61 Å². The predicted octanol–water partition coefficient (Wildman–Crippen LogP) is 1.62. The summed E-state index contributed by atoms with van der Waals surface area (Å²) < 4.78 is 5.63. The molecular weight excluding hydrogens is 252 g/mol. The summed E-state index contributed by atoms with van der Waals surface area (Å²) in [6, 6.07) is 0.193. The minimum atomic E-state index is 0.193. The second kappa shape index (κ2) is 7.55. The van der Waals surface area contributed by atoms with Crippen molar-refractivity contribution in [3.63, 3.8) is 0 Å². The number of hydrogen-bond acceptors (Lipinski definition) is 5. The van der Waals surface area contributed by atoms with Gasteiger partial charge in [-0.2, -0.15) is 0 Å². The van der Waals surface area contributed by atoms with E-state index in [4.69, 9.17) is 10.5 Å². The van der Waals surface area contributed by atoms with Crippen molar-refractivity contribution in [2.45, 2.75) is 38.6 Å². The topological polar surface area (TPSA) is 64.3 Å². The van der Waals surface area contributed by atoms with E-state index in [0.29, 0.717) is 0 Å². The first-order chi connectivity index (χ1) is 9.69. The number of nitrogens with two attached hydrogens (primary N) is 1. The molecule has 2 N–H and O–H groups in total. The molecule has 112 valence electrons. The van der Waals surface area contributed by atoms with E-state index in [1.807, 2.05) is 24.3 Å². The summed E-state index contributed by atoms with van der Waals surface area (Å²) >= 11 is 0. The monoisotopic (exact) mass is 278 g/mol. The normalized spacial score (nSPS) is 16.1. The van der Waals surface area contributed by atoms with Crippen molar-refractivity contribution in [1.29, 1.82) is 0 Å². The Bertz CT molecular complexity index is 391. The van der Waals surface area contributed by atoms with Crippen LogP contribution in [0.2, 0.25) is 0 Å². The van der Waals surface area contributed by atoms with E-state index in [1.165, 1.54) is 12.8 Å². The fourth-order valence-corrected chi connectivity index (χ4v) is 1.93. The van der Waals surface area contributed by atoms with Gasteiger partial charge in [0.25, 0.3) is 0 Å². The quantitative estimate of drug-likeness (QED) is 0.695. The maximum atomic E-state index is 5.93. The Kier molecular flexibility index (Phi) is 5.73. The molecule has 1 aliphatic rings. The summed E-state index contributed by atoms with van der Waals surface area (Å²) in [4.78, 5) is 10.8. The average molecular weight is 278 g/mol. The van der Waals surface area contributed by atoms with Crippen LogP contribution in [-0.4, -0.2) is 42.8 Å². The first-order valence-corrected chi connectivity index (χ1v) is 7.54. The van der Waals surface area contributed by atoms with Crippen LogP contribution in [0.4, 0.5) is 5.95 Å². The molecule has 0 spiro atoms. The van der Waals surface area contributed by atoms with Gasteiger partial charge in [0.1, 0.15) is 0 Å². The fraction of sp³-hybridized carbons (Fsp3) is 0.733. The van der Waals surface area contributed by atoms with Crippen LogP contribution >= 0.6 is 0 Å². The highest BCUT2D eigenvalue weighted by Crippen LogP contribution is 2.28. The summed E-state index contributed by atoms with van der Waals surface area (Å²) in [5.41, 5.74) is 7.03. The Morgan fingerprint density at radius 1 is 1.40 bits per heavy atom. The largest absolute Gasteiger partial charge is 0.379 e. The Morgan fingerprint density at radius 2 is 2.10 bits per heavy atom. The van der Waals surface area contributed by atoms with Crippen LogP contribution in [0.15, 0.2) is 12.4 Å². The zero-order chi connectivity index (χ0) is 14.4. The van der Waals surface area contributed by atoms with E-state index < -0.39 is 0 Å². The van der Waals surface area contributed by atoms with Gasteiger partial charge in [0.15, 0.2) is 0 Å². The van der Waals surface area contributed by atoms with Crippen molar-refractivity contribution in [3.05, 3.63) is 18.0 Å². The summed E-state index contributed by atoms with van der Waals surface area (Å²) in [5.74, 6) is 1.56. The van der Waals surface area contributed by atoms with Crippen LogP contribution in [0.1, 0.15) is 31.7 Å². The number of nitrogens with zero attached hydrogens (tertiary/aromatic N) is 3. The van der Waals surface area contributed by atoms with Gasteiger partial charge in [-0.3, -0.25) is 0 Å². The Labute approximate surface area is 121 Å². The number of ether oxygens (including phenoxy) is 1. The zero-order valence-electron chi connectivity index (χ0n) is 12.6. The number of rotatable bonds is 9. The molecule has 0 aliphatic heterocycles. The third-order valence-corrected chi connectivity index (χ3v) is 3.68. The van der Waals surface area contributed by atoms with Gasteiger partial charge in [-0.1, -0.05) is 6.92 Å². The second-order valence-electron chi connectivity index (χ2n) is 5.70. The van der Waals surface area contributed by atoms with Crippen molar-refractivity contribution < 1.29 is 4.74 Å². The molecule has 1 aromatic rings. The standard InChI is InChI=1S/C15H26N4O/c1-3-14(16)8-13-9-17-15(18-10-13)19(2)6-7-20-11-12-4-5-12/h9-10,12,14H,3-8,11,16H2,1-2H3. The highest BCUT2D eigenvalue weighted by molar-refractivity contribution is 5.28. The van der Waals surface area contributed by atoms with E-state index in [0.717, 1.165) is 50.0 Å². The summed E-state index contributed by atoms with van der Waals surface area (Å²) in [6.45, 7) is 4.55. The lowest BCUT2D eigenvalue weighted by Gasteiger charge is -2.17. The van der Waals surface area contributed by atoms with Gasteiger partial charge in [-0.05, 0) is 37.2 Å². The molecule has 0 saturated heterocycles. The highest BCUT2D eigenvalue weighted by Gasteiger charge is 2.21. The zero-order valence-corrected chi connectivity index (χ0v) is 12.6. The van der Waals surface area contributed by atoms with Gasteiger partial charge in [-0.15, -0.1) is 0 Å². The molecule has 1 heterocycles. The molecule has 1 aliphatic carbocycles. The maximum Gasteiger partial charge on any atom is 0.225 e.